The number of pyridine rings is 1. The first-order valence-corrected chi connectivity index (χ1v) is 17.5. The van der Waals surface area contributed by atoms with Gasteiger partial charge in [0.25, 0.3) is 5.56 Å². The number of sulfonamides is 1. The average molecular weight is 701 g/mol. The van der Waals surface area contributed by atoms with Crippen LogP contribution in [-0.4, -0.2) is 64.9 Å². The zero-order chi connectivity index (χ0) is 35.7. The summed E-state index contributed by atoms with van der Waals surface area (Å²) in [5, 5.41) is 3.57. The van der Waals surface area contributed by atoms with Gasteiger partial charge in [-0.15, -0.1) is 0 Å². The largest absolute Gasteiger partial charge is 0.444 e. The van der Waals surface area contributed by atoms with Crippen molar-refractivity contribution in [3.8, 4) is 11.1 Å². The van der Waals surface area contributed by atoms with Gasteiger partial charge in [0, 0.05) is 47.8 Å². The number of aromatic nitrogens is 3. The number of benzene rings is 2. The number of anilines is 2. The monoisotopic (exact) mass is 700 g/mol. The summed E-state index contributed by atoms with van der Waals surface area (Å²) in [6, 6.07) is 9.73. The molecule has 49 heavy (non-hydrogen) atoms. The third-order valence-corrected chi connectivity index (χ3v) is 9.26. The molecule has 15 heteroatoms. The number of alkyl halides is 1. The molecule has 4 aromatic rings. The number of nitrogens with one attached hydrogen (secondary N) is 2. The molecule has 0 unspecified atom stereocenters. The van der Waals surface area contributed by atoms with E-state index >= 15 is 4.39 Å². The van der Waals surface area contributed by atoms with Gasteiger partial charge in [-0.05, 0) is 63.9 Å². The van der Waals surface area contributed by atoms with Crippen molar-refractivity contribution in [1.82, 2.24) is 19.4 Å². The van der Waals surface area contributed by atoms with Crippen molar-refractivity contribution < 1.29 is 31.1 Å². The fourth-order valence-electron chi connectivity index (χ4n) is 5.58. The van der Waals surface area contributed by atoms with Gasteiger partial charge < -0.3 is 15.0 Å². The van der Waals surface area contributed by atoms with E-state index in [9.17, 15) is 26.8 Å². The van der Waals surface area contributed by atoms with Gasteiger partial charge in [-0.2, -0.15) is 4.98 Å². The smallest absolute Gasteiger partial charge is 0.410 e. The van der Waals surface area contributed by atoms with E-state index in [1.807, 2.05) is 13.8 Å². The quantitative estimate of drug-likeness (QED) is 0.205. The Bertz CT molecular complexity index is 2040. The summed E-state index contributed by atoms with van der Waals surface area (Å²) in [6.07, 6.45) is 0.241. The number of nitrogens with zero attached hydrogens (tertiary/aromatic N) is 4. The topological polar surface area (TPSA) is 136 Å². The zero-order valence-corrected chi connectivity index (χ0v) is 28.7. The molecule has 0 aliphatic carbocycles. The summed E-state index contributed by atoms with van der Waals surface area (Å²) in [7, 11) is -4.17. The summed E-state index contributed by atoms with van der Waals surface area (Å²) < 4.78 is 78.5. The first kappa shape index (κ1) is 35.6. The number of amides is 1. The molecule has 1 aliphatic heterocycles. The lowest BCUT2D eigenvalue weighted by Crippen LogP contribution is -2.51. The number of rotatable bonds is 9. The van der Waals surface area contributed by atoms with Crippen LogP contribution in [0.4, 0.5) is 29.6 Å². The van der Waals surface area contributed by atoms with E-state index in [1.54, 1.807) is 20.8 Å². The second kappa shape index (κ2) is 14.1. The Morgan fingerprint density at radius 1 is 1.10 bits per heavy atom. The van der Waals surface area contributed by atoms with Gasteiger partial charge in [-0.25, -0.2) is 31.4 Å². The molecule has 3 heterocycles. The van der Waals surface area contributed by atoms with E-state index in [4.69, 9.17) is 4.74 Å². The number of likely N-dealkylation sites (tertiary alicyclic amines) is 1. The second-order valence-electron chi connectivity index (χ2n) is 13.2. The number of piperidine rings is 1. The summed E-state index contributed by atoms with van der Waals surface area (Å²) in [5.74, 6) is -2.19. The molecule has 1 aliphatic rings. The molecule has 1 fully saturated rings. The SMILES string of the molecule is CC[C@H](C)n1c(=O)c(-c2ccc(NS(=O)(=O)Cc3ccccc3F)c(F)c2)cc2cnc(N[C@H]3C[C@H](F)CN(C(=O)OC(C)(C)C)C3)nc21. The van der Waals surface area contributed by atoms with Crippen molar-refractivity contribution >= 4 is 38.8 Å². The van der Waals surface area contributed by atoms with Gasteiger partial charge in [0.2, 0.25) is 16.0 Å². The molecule has 0 radical (unpaired) electrons. The zero-order valence-electron chi connectivity index (χ0n) is 27.8. The molecule has 262 valence electrons. The maximum absolute atomic E-state index is 15.3. The van der Waals surface area contributed by atoms with Crippen LogP contribution in [0.25, 0.3) is 22.2 Å². The Kier molecular flexibility index (Phi) is 10.2. The molecule has 2 aromatic carbocycles. The Morgan fingerprint density at radius 2 is 1.84 bits per heavy atom. The predicted molar refractivity (Wildman–Crippen MR) is 182 cm³/mol. The highest BCUT2D eigenvalue weighted by Crippen LogP contribution is 2.28. The highest BCUT2D eigenvalue weighted by molar-refractivity contribution is 7.91. The van der Waals surface area contributed by atoms with Crippen LogP contribution in [-0.2, 0) is 20.5 Å². The summed E-state index contributed by atoms with van der Waals surface area (Å²) >= 11 is 0. The van der Waals surface area contributed by atoms with Crippen molar-refractivity contribution in [2.45, 2.75) is 77.1 Å². The second-order valence-corrected chi connectivity index (χ2v) is 14.9. The minimum atomic E-state index is -4.17. The highest BCUT2D eigenvalue weighted by atomic mass is 32.2. The molecule has 0 saturated carbocycles. The van der Waals surface area contributed by atoms with Crippen LogP contribution < -0.4 is 15.6 Å². The van der Waals surface area contributed by atoms with Crippen molar-refractivity contribution in [1.29, 1.82) is 0 Å². The summed E-state index contributed by atoms with van der Waals surface area (Å²) in [6.45, 7) is 9.00. The van der Waals surface area contributed by atoms with Gasteiger partial charge in [-0.1, -0.05) is 31.2 Å². The molecule has 0 bridgehead atoms. The Morgan fingerprint density at radius 3 is 2.51 bits per heavy atom. The van der Waals surface area contributed by atoms with Crippen LogP contribution in [0.2, 0.25) is 0 Å². The number of halogens is 3. The number of fused-ring (bicyclic) bond motifs is 1. The third kappa shape index (κ3) is 8.50. The minimum absolute atomic E-state index is 0.0671. The molecule has 5 rings (SSSR count). The first-order valence-electron chi connectivity index (χ1n) is 15.9. The van der Waals surface area contributed by atoms with Gasteiger partial charge in [0.05, 0.1) is 18.0 Å². The van der Waals surface area contributed by atoms with E-state index in [2.05, 4.69) is 20.0 Å². The van der Waals surface area contributed by atoms with Crippen molar-refractivity contribution in [2.24, 2.45) is 0 Å². The molecule has 1 amide bonds. The van der Waals surface area contributed by atoms with E-state index in [-0.39, 0.29) is 53.9 Å². The Balaban J connectivity index is 1.42. The normalized spacial score (nSPS) is 17.5. The van der Waals surface area contributed by atoms with E-state index in [0.29, 0.717) is 17.5 Å². The lowest BCUT2D eigenvalue weighted by Gasteiger charge is -2.36. The maximum Gasteiger partial charge on any atom is 0.410 e. The van der Waals surface area contributed by atoms with Gasteiger partial charge in [-0.3, -0.25) is 14.1 Å². The van der Waals surface area contributed by atoms with Crippen molar-refractivity contribution in [3.05, 3.63) is 82.3 Å². The van der Waals surface area contributed by atoms with Crippen LogP contribution in [0.5, 0.6) is 0 Å². The van der Waals surface area contributed by atoms with Crippen LogP contribution in [0.15, 0.2) is 59.5 Å². The van der Waals surface area contributed by atoms with Gasteiger partial charge in [0.15, 0.2) is 0 Å². The molecule has 11 nitrogen and oxygen atoms in total. The van der Waals surface area contributed by atoms with E-state index in [0.717, 1.165) is 12.1 Å². The van der Waals surface area contributed by atoms with Crippen molar-refractivity contribution in [2.75, 3.05) is 23.1 Å². The number of carbonyl (C=O) groups excluding carboxylic acids is 1. The minimum Gasteiger partial charge on any atom is -0.444 e. The average Bonchev–Trinajstić information content (AvgIpc) is 3.01. The molecule has 2 aromatic heterocycles. The number of carbonyl (C=O) groups is 1. The molecule has 0 spiro atoms. The van der Waals surface area contributed by atoms with Crippen LogP contribution in [0.1, 0.15) is 59.1 Å². The van der Waals surface area contributed by atoms with Crippen molar-refractivity contribution in [3.63, 3.8) is 0 Å². The molecule has 2 N–H and O–H groups in total. The van der Waals surface area contributed by atoms with Crippen LogP contribution in [0, 0.1) is 11.6 Å². The van der Waals surface area contributed by atoms with Gasteiger partial charge >= 0.3 is 6.09 Å². The molecule has 3 atom stereocenters. The highest BCUT2D eigenvalue weighted by Gasteiger charge is 2.33. The summed E-state index contributed by atoms with van der Waals surface area (Å²) in [5.41, 5.74) is -0.991. The predicted octanol–water partition coefficient (Wildman–Crippen LogP) is 6.41. The first-order chi connectivity index (χ1) is 23.0. The Labute approximate surface area is 282 Å². The molecule has 1 saturated heterocycles. The number of hydrogen-bond donors (Lipinski definition) is 2. The lowest BCUT2D eigenvalue weighted by atomic mass is 10.0. The van der Waals surface area contributed by atoms with E-state index in [1.165, 1.54) is 52.1 Å². The number of ether oxygens (including phenoxy) is 1. The molecular formula is C34H39F3N6O5S. The Hall–Kier alpha value is -4.66. The lowest BCUT2D eigenvalue weighted by molar-refractivity contribution is 0.0124. The fourth-order valence-corrected chi connectivity index (χ4v) is 6.79. The number of hydrogen-bond acceptors (Lipinski definition) is 8. The molecular weight excluding hydrogens is 661 g/mol. The maximum atomic E-state index is 15.3. The summed E-state index contributed by atoms with van der Waals surface area (Å²) in [4.78, 5) is 36.8. The third-order valence-electron chi connectivity index (χ3n) is 8.04. The van der Waals surface area contributed by atoms with E-state index < -0.39 is 56.9 Å². The van der Waals surface area contributed by atoms with Crippen LogP contribution in [0.3, 0.4) is 0 Å². The standard InChI is InChI=1S/C34H39F3N6O5S/c1-6-20(2)43-30-23(16-38-32(40-30)39-25-15-24(35)17-42(18-25)33(45)48-34(3,4)5)13-26(31(43)44)21-11-12-29(28(37)14-21)41-49(46,47)19-22-9-7-8-10-27(22)36/h7-14,16,20,24-25,41H,6,15,17-19H2,1-5H3,(H,38,39,40)/t20-,24-,25-/m0/s1. The van der Waals surface area contributed by atoms with Crippen LogP contribution >= 0.6 is 0 Å². The van der Waals surface area contributed by atoms with Gasteiger partial charge in [0.1, 0.15) is 29.1 Å². The fraction of sp³-hybridized carbons (Fsp3) is 0.412.